The molecule has 1 fully saturated rings. The van der Waals surface area contributed by atoms with E-state index in [1.165, 1.54) is 6.07 Å². The quantitative estimate of drug-likeness (QED) is 0.858. The second kappa shape index (κ2) is 4.29. The smallest absolute Gasteiger partial charge is 0.476 e. The molecule has 8 heteroatoms. The molecule has 0 amide bonds. The number of rotatable bonds is 3. The number of carboxylic acid groups (broad SMARTS) is 1. The van der Waals surface area contributed by atoms with Gasteiger partial charge in [0, 0.05) is 0 Å². The summed E-state index contributed by atoms with van der Waals surface area (Å²) in [4.78, 5) is 10.5. The number of hydrogen-bond acceptors (Lipinski definition) is 4. The second-order valence-electron chi connectivity index (χ2n) is 5.67. The van der Waals surface area contributed by atoms with E-state index >= 15 is 0 Å². The van der Waals surface area contributed by atoms with Crippen molar-refractivity contribution in [3.63, 3.8) is 0 Å². The van der Waals surface area contributed by atoms with Gasteiger partial charge in [0.05, 0.1) is 11.2 Å². The van der Waals surface area contributed by atoms with Crippen LogP contribution in [-0.2, 0) is 20.0 Å². The van der Waals surface area contributed by atoms with Gasteiger partial charge in [0.15, 0.2) is 5.76 Å². The van der Waals surface area contributed by atoms with Crippen molar-refractivity contribution in [2.75, 3.05) is 0 Å². The molecular weight excluding hydrogens is 273 g/mol. The highest BCUT2D eigenvalue weighted by Crippen LogP contribution is 2.37. The summed E-state index contributed by atoms with van der Waals surface area (Å²) >= 11 is 0. The van der Waals surface area contributed by atoms with Crippen LogP contribution in [0.15, 0.2) is 16.5 Å². The van der Waals surface area contributed by atoms with Crippen LogP contribution in [0.3, 0.4) is 0 Å². The summed E-state index contributed by atoms with van der Waals surface area (Å²) in [6.07, 6.45) is 0. The highest BCUT2D eigenvalue weighted by Gasteiger charge is 2.54. The SMILES string of the molecule is CC1(C)OB(c2ccc(C(F)(F)C(=O)O)o2)OC1(C)C. The van der Waals surface area contributed by atoms with Gasteiger partial charge in [-0.2, -0.15) is 8.78 Å². The average Bonchev–Trinajstić information content (AvgIpc) is 2.82. The van der Waals surface area contributed by atoms with Crippen molar-refractivity contribution in [2.24, 2.45) is 0 Å². The van der Waals surface area contributed by atoms with E-state index < -0.39 is 36.0 Å². The highest BCUT2D eigenvalue weighted by molar-refractivity contribution is 6.60. The maximum atomic E-state index is 13.3. The van der Waals surface area contributed by atoms with Crippen LogP contribution in [0.4, 0.5) is 8.78 Å². The molecule has 0 unspecified atom stereocenters. The molecule has 110 valence electrons. The second-order valence-corrected chi connectivity index (χ2v) is 5.67. The third kappa shape index (κ3) is 2.22. The summed E-state index contributed by atoms with van der Waals surface area (Å²) < 4.78 is 42.8. The van der Waals surface area contributed by atoms with Crippen molar-refractivity contribution in [3.05, 3.63) is 17.9 Å². The maximum absolute atomic E-state index is 13.3. The highest BCUT2D eigenvalue weighted by atomic mass is 19.3. The molecule has 2 heterocycles. The Labute approximate surface area is 115 Å². The Morgan fingerprint density at radius 1 is 1.20 bits per heavy atom. The Bertz CT molecular complexity index is 522. The zero-order valence-corrected chi connectivity index (χ0v) is 11.6. The number of hydrogen-bond donors (Lipinski definition) is 1. The third-order valence-corrected chi connectivity index (χ3v) is 3.69. The normalized spacial score (nSPS) is 21.2. The Balaban J connectivity index is 2.26. The van der Waals surface area contributed by atoms with Crippen LogP contribution in [0.1, 0.15) is 33.5 Å². The van der Waals surface area contributed by atoms with Crippen molar-refractivity contribution in [1.82, 2.24) is 0 Å². The minimum atomic E-state index is -4.08. The Hall–Kier alpha value is -1.41. The number of aliphatic carboxylic acids is 1. The van der Waals surface area contributed by atoms with E-state index in [9.17, 15) is 13.6 Å². The zero-order chi connectivity index (χ0) is 15.3. The van der Waals surface area contributed by atoms with Crippen molar-refractivity contribution in [2.45, 2.75) is 44.8 Å². The van der Waals surface area contributed by atoms with Gasteiger partial charge in [-0.05, 0) is 39.8 Å². The molecule has 0 aromatic carbocycles. The maximum Gasteiger partial charge on any atom is 0.532 e. The Kier molecular flexibility index (Phi) is 3.22. The van der Waals surface area contributed by atoms with Gasteiger partial charge in [0.1, 0.15) is 5.66 Å². The predicted molar refractivity (Wildman–Crippen MR) is 66.0 cm³/mol. The topological polar surface area (TPSA) is 68.9 Å². The standard InChI is InChI=1S/C12H15BF2O5/c1-10(2)11(3,4)20-13(19-10)8-6-5-7(18-8)12(14,15)9(16)17/h5-6H,1-4H3,(H,16,17). The first-order chi connectivity index (χ1) is 8.97. The summed E-state index contributed by atoms with van der Waals surface area (Å²) in [5, 5.41) is 8.46. The van der Waals surface area contributed by atoms with Gasteiger partial charge in [-0.3, -0.25) is 0 Å². The van der Waals surface area contributed by atoms with E-state index in [2.05, 4.69) is 0 Å². The number of carboxylic acids is 1. The van der Waals surface area contributed by atoms with E-state index in [1.807, 2.05) is 27.7 Å². The fourth-order valence-electron chi connectivity index (χ4n) is 1.71. The molecule has 0 saturated carbocycles. The van der Waals surface area contributed by atoms with E-state index in [1.54, 1.807) is 0 Å². The van der Waals surface area contributed by atoms with Crippen molar-refractivity contribution >= 4 is 18.7 Å². The first-order valence-corrected chi connectivity index (χ1v) is 6.04. The molecule has 1 aliphatic rings. The number of alkyl halides is 2. The molecule has 0 atom stereocenters. The van der Waals surface area contributed by atoms with E-state index in [-0.39, 0.29) is 5.66 Å². The van der Waals surface area contributed by atoms with Crippen molar-refractivity contribution in [1.29, 1.82) is 0 Å². The van der Waals surface area contributed by atoms with Gasteiger partial charge in [-0.25, -0.2) is 4.79 Å². The van der Waals surface area contributed by atoms with Crippen molar-refractivity contribution < 1.29 is 32.4 Å². The summed E-state index contributed by atoms with van der Waals surface area (Å²) in [7, 11) is -0.946. The summed E-state index contributed by atoms with van der Waals surface area (Å²) in [5.74, 6) is -7.30. The lowest BCUT2D eigenvalue weighted by Gasteiger charge is -2.32. The van der Waals surface area contributed by atoms with E-state index in [4.69, 9.17) is 18.8 Å². The van der Waals surface area contributed by atoms with Crippen LogP contribution in [0.25, 0.3) is 0 Å². The van der Waals surface area contributed by atoms with Crippen molar-refractivity contribution in [3.8, 4) is 0 Å². The lowest BCUT2D eigenvalue weighted by molar-refractivity contribution is -0.168. The van der Waals surface area contributed by atoms with Gasteiger partial charge in [-0.15, -0.1) is 0 Å². The van der Waals surface area contributed by atoms with Crippen LogP contribution < -0.4 is 5.66 Å². The minimum Gasteiger partial charge on any atom is -0.476 e. The van der Waals surface area contributed by atoms with Crippen LogP contribution >= 0.6 is 0 Å². The van der Waals surface area contributed by atoms with Gasteiger partial charge >= 0.3 is 19.0 Å². The molecule has 1 aromatic rings. The monoisotopic (exact) mass is 288 g/mol. The molecular formula is C12H15BF2O5. The van der Waals surface area contributed by atoms with Gasteiger partial charge < -0.3 is 18.8 Å². The van der Waals surface area contributed by atoms with E-state index in [0.29, 0.717) is 0 Å². The predicted octanol–water partition coefficient (Wildman–Crippen LogP) is 1.76. The lowest BCUT2D eigenvalue weighted by atomic mass is 9.86. The van der Waals surface area contributed by atoms with Gasteiger partial charge in [0.25, 0.3) is 0 Å². The first-order valence-electron chi connectivity index (χ1n) is 6.04. The van der Waals surface area contributed by atoms with E-state index in [0.717, 1.165) is 6.07 Å². The summed E-state index contributed by atoms with van der Waals surface area (Å²) in [6, 6.07) is 2.14. The first kappa shape index (κ1) is 15.0. The minimum absolute atomic E-state index is 0.0135. The molecule has 1 aliphatic heterocycles. The van der Waals surface area contributed by atoms with Crippen LogP contribution in [0, 0.1) is 0 Å². The fraction of sp³-hybridized carbons (Fsp3) is 0.583. The Morgan fingerprint density at radius 3 is 2.15 bits per heavy atom. The molecule has 0 bridgehead atoms. The number of carbonyl (C=O) groups is 1. The van der Waals surface area contributed by atoms with Crippen LogP contribution in [0.5, 0.6) is 0 Å². The molecule has 1 saturated heterocycles. The largest absolute Gasteiger partial charge is 0.532 e. The van der Waals surface area contributed by atoms with Crippen LogP contribution in [-0.4, -0.2) is 29.4 Å². The molecule has 1 aromatic heterocycles. The average molecular weight is 288 g/mol. The zero-order valence-electron chi connectivity index (χ0n) is 11.6. The number of halogens is 2. The Morgan fingerprint density at radius 2 is 1.70 bits per heavy atom. The lowest BCUT2D eigenvalue weighted by Crippen LogP contribution is -2.41. The third-order valence-electron chi connectivity index (χ3n) is 3.69. The molecule has 1 N–H and O–H groups in total. The number of furan rings is 1. The molecule has 0 aliphatic carbocycles. The molecule has 2 rings (SSSR count). The molecule has 0 radical (unpaired) electrons. The summed E-state index contributed by atoms with van der Waals surface area (Å²) in [5.41, 5.74) is -1.26. The fourth-order valence-corrected chi connectivity index (χ4v) is 1.71. The molecule has 0 spiro atoms. The van der Waals surface area contributed by atoms with Gasteiger partial charge in [0.2, 0.25) is 0 Å². The van der Waals surface area contributed by atoms with Gasteiger partial charge in [-0.1, -0.05) is 0 Å². The molecule has 20 heavy (non-hydrogen) atoms. The van der Waals surface area contributed by atoms with Crippen LogP contribution in [0.2, 0.25) is 0 Å². The molecule has 5 nitrogen and oxygen atoms in total. The summed E-state index contributed by atoms with van der Waals surface area (Å²) in [6.45, 7) is 7.23.